The molecule has 1 rings (SSSR count). The predicted molar refractivity (Wildman–Crippen MR) is 54.2 cm³/mol. The molecule has 0 amide bonds. The van der Waals surface area contributed by atoms with Crippen LogP contribution in [0.1, 0.15) is 30.3 Å². The summed E-state index contributed by atoms with van der Waals surface area (Å²) >= 11 is 0. The van der Waals surface area contributed by atoms with Gasteiger partial charge >= 0.3 is 5.97 Å². The van der Waals surface area contributed by atoms with Crippen molar-refractivity contribution in [1.82, 2.24) is 4.98 Å². The Morgan fingerprint density at radius 2 is 2.29 bits per heavy atom. The first-order valence-corrected chi connectivity index (χ1v) is 4.92. The standard InChI is InChI=1S/C11H10F2N2O2/c1-2-17-10(16)5-9-8(11(12)13)4-3-7(6-14)15-9/h3-4,11H,2,5H2,1H3. The first kappa shape index (κ1) is 13.0. The van der Waals surface area contributed by atoms with Gasteiger partial charge in [0.15, 0.2) is 0 Å². The van der Waals surface area contributed by atoms with Crippen molar-refractivity contribution in [2.45, 2.75) is 19.8 Å². The summed E-state index contributed by atoms with van der Waals surface area (Å²) in [7, 11) is 0. The average molecular weight is 240 g/mol. The molecule has 0 fully saturated rings. The molecule has 4 nitrogen and oxygen atoms in total. The minimum absolute atomic E-state index is 0.00583. The second kappa shape index (κ2) is 5.89. The highest BCUT2D eigenvalue weighted by Crippen LogP contribution is 2.22. The zero-order valence-electron chi connectivity index (χ0n) is 9.11. The third-order valence-corrected chi connectivity index (χ3v) is 1.98. The lowest BCUT2D eigenvalue weighted by Crippen LogP contribution is -2.11. The average Bonchev–Trinajstić information content (AvgIpc) is 2.28. The van der Waals surface area contributed by atoms with E-state index >= 15 is 0 Å². The van der Waals surface area contributed by atoms with Crippen molar-refractivity contribution in [3.63, 3.8) is 0 Å². The van der Waals surface area contributed by atoms with Crippen LogP contribution in [0.25, 0.3) is 0 Å². The van der Waals surface area contributed by atoms with Crippen molar-refractivity contribution in [3.05, 3.63) is 29.1 Å². The quantitative estimate of drug-likeness (QED) is 0.755. The molecule has 0 radical (unpaired) electrons. The molecule has 1 aromatic rings. The fourth-order valence-corrected chi connectivity index (χ4v) is 1.26. The van der Waals surface area contributed by atoms with Gasteiger partial charge in [-0.3, -0.25) is 4.79 Å². The number of carbonyl (C=O) groups excluding carboxylic acids is 1. The summed E-state index contributed by atoms with van der Waals surface area (Å²) in [6.45, 7) is 1.78. The Morgan fingerprint density at radius 3 is 2.82 bits per heavy atom. The Bertz CT molecular complexity index is 455. The number of esters is 1. The summed E-state index contributed by atoms with van der Waals surface area (Å²) in [5, 5.41) is 8.61. The molecule has 0 atom stereocenters. The summed E-state index contributed by atoms with van der Waals surface area (Å²) in [5.74, 6) is -0.642. The summed E-state index contributed by atoms with van der Waals surface area (Å²) in [5.41, 5.74) is -0.469. The first-order chi connectivity index (χ1) is 8.08. The highest BCUT2D eigenvalue weighted by Gasteiger charge is 2.17. The lowest BCUT2D eigenvalue weighted by molar-refractivity contribution is -0.142. The Balaban J connectivity index is 3.02. The number of ether oxygens (including phenoxy) is 1. The van der Waals surface area contributed by atoms with Crippen LogP contribution in [0.2, 0.25) is 0 Å². The van der Waals surface area contributed by atoms with E-state index in [0.717, 1.165) is 6.07 Å². The van der Waals surface area contributed by atoms with Gasteiger partial charge < -0.3 is 4.74 Å². The number of aromatic nitrogens is 1. The lowest BCUT2D eigenvalue weighted by atomic mass is 10.1. The molecule has 0 saturated heterocycles. The molecular formula is C11H10F2N2O2. The maximum absolute atomic E-state index is 12.6. The van der Waals surface area contributed by atoms with Crippen molar-refractivity contribution in [2.24, 2.45) is 0 Å². The molecule has 0 bridgehead atoms. The van der Waals surface area contributed by atoms with E-state index in [4.69, 9.17) is 5.26 Å². The van der Waals surface area contributed by atoms with E-state index in [1.807, 2.05) is 0 Å². The van der Waals surface area contributed by atoms with Gasteiger partial charge in [0.1, 0.15) is 11.8 Å². The number of rotatable bonds is 4. The van der Waals surface area contributed by atoms with Crippen LogP contribution in [0.4, 0.5) is 8.78 Å². The molecule has 1 heterocycles. The van der Waals surface area contributed by atoms with Crippen LogP contribution in [0.3, 0.4) is 0 Å². The van der Waals surface area contributed by atoms with E-state index in [1.165, 1.54) is 6.07 Å². The van der Waals surface area contributed by atoms with Gasteiger partial charge in [-0.1, -0.05) is 0 Å². The Kier molecular flexibility index (Phi) is 4.52. The van der Waals surface area contributed by atoms with Gasteiger partial charge in [-0.05, 0) is 19.1 Å². The summed E-state index contributed by atoms with van der Waals surface area (Å²) < 4.78 is 29.9. The minimum atomic E-state index is -2.74. The summed E-state index contributed by atoms with van der Waals surface area (Å²) in [4.78, 5) is 14.9. The van der Waals surface area contributed by atoms with Gasteiger partial charge in [0.2, 0.25) is 0 Å². The molecule has 6 heteroatoms. The smallest absolute Gasteiger partial charge is 0.311 e. The molecular weight excluding hydrogens is 230 g/mol. The summed E-state index contributed by atoms with van der Waals surface area (Å²) in [6, 6.07) is 4.02. The third kappa shape index (κ3) is 3.48. The van der Waals surface area contributed by atoms with Crippen molar-refractivity contribution < 1.29 is 18.3 Å². The van der Waals surface area contributed by atoms with E-state index in [0.29, 0.717) is 0 Å². The van der Waals surface area contributed by atoms with Crippen molar-refractivity contribution in [1.29, 1.82) is 5.26 Å². The number of halogens is 2. The summed E-state index contributed by atoms with van der Waals surface area (Å²) in [6.07, 6.45) is -3.09. The van der Waals surface area contributed by atoms with Crippen LogP contribution >= 0.6 is 0 Å². The molecule has 0 unspecified atom stereocenters. The van der Waals surface area contributed by atoms with Crippen molar-refractivity contribution >= 4 is 5.97 Å². The number of alkyl halides is 2. The number of carbonyl (C=O) groups is 1. The van der Waals surface area contributed by atoms with Crippen LogP contribution in [0, 0.1) is 11.3 Å². The predicted octanol–water partition coefficient (Wildman–Crippen LogP) is 2.00. The monoisotopic (exact) mass is 240 g/mol. The Morgan fingerprint density at radius 1 is 1.59 bits per heavy atom. The molecule has 0 saturated carbocycles. The molecule has 0 aliphatic carbocycles. The van der Waals surface area contributed by atoms with E-state index in [1.54, 1.807) is 13.0 Å². The van der Waals surface area contributed by atoms with E-state index in [-0.39, 0.29) is 30.0 Å². The van der Waals surface area contributed by atoms with Crippen LogP contribution < -0.4 is 0 Å². The molecule has 0 N–H and O–H groups in total. The van der Waals surface area contributed by atoms with Crippen LogP contribution in [0.15, 0.2) is 12.1 Å². The maximum Gasteiger partial charge on any atom is 0.311 e. The van der Waals surface area contributed by atoms with Gasteiger partial charge in [-0.15, -0.1) is 0 Å². The Hall–Kier alpha value is -2.03. The van der Waals surface area contributed by atoms with Gasteiger partial charge in [0, 0.05) is 5.56 Å². The fourth-order valence-electron chi connectivity index (χ4n) is 1.26. The van der Waals surface area contributed by atoms with Crippen LogP contribution in [-0.2, 0) is 16.0 Å². The second-order valence-electron chi connectivity index (χ2n) is 3.13. The fraction of sp³-hybridized carbons (Fsp3) is 0.364. The number of pyridine rings is 1. The minimum Gasteiger partial charge on any atom is -0.466 e. The molecule has 1 aromatic heterocycles. The maximum atomic E-state index is 12.6. The zero-order chi connectivity index (χ0) is 12.8. The number of nitriles is 1. The molecule has 17 heavy (non-hydrogen) atoms. The molecule has 0 aliphatic heterocycles. The van der Waals surface area contributed by atoms with E-state index in [2.05, 4.69) is 9.72 Å². The van der Waals surface area contributed by atoms with Gasteiger partial charge in [0.05, 0.1) is 18.7 Å². The molecule has 0 spiro atoms. The number of nitrogens with zero attached hydrogens (tertiary/aromatic N) is 2. The second-order valence-corrected chi connectivity index (χ2v) is 3.13. The first-order valence-electron chi connectivity index (χ1n) is 4.92. The van der Waals surface area contributed by atoms with Gasteiger partial charge in [-0.25, -0.2) is 13.8 Å². The third-order valence-electron chi connectivity index (χ3n) is 1.98. The van der Waals surface area contributed by atoms with Crippen LogP contribution in [-0.4, -0.2) is 17.6 Å². The van der Waals surface area contributed by atoms with Gasteiger partial charge in [-0.2, -0.15) is 5.26 Å². The van der Waals surface area contributed by atoms with Crippen molar-refractivity contribution in [3.8, 4) is 6.07 Å². The molecule has 0 aromatic carbocycles. The molecule has 90 valence electrons. The number of hydrogen-bond acceptors (Lipinski definition) is 4. The van der Waals surface area contributed by atoms with Crippen molar-refractivity contribution in [2.75, 3.05) is 6.61 Å². The SMILES string of the molecule is CCOC(=O)Cc1nc(C#N)ccc1C(F)F. The highest BCUT2D eigenvalue weighted by atomic mass is 19.3. The molecule has 0 aliphatic rings. The highest BCUT2D eigenvalue weighted by molar-refractivity contribution is 5.72. The van der Waals surface area contributed by atoms with Gasteiger partial charge in [0.25, 0.3) is 6.43 Å². The normalized spacial score (nSPS) is 10.1. The van der Waals surface area contributed by atoms with E-state index in [9.17, 15) is 13.6 Å². The Labute approximate surface area is 96.8 Å². The lowest BCUT2D eigenvalue weighted by Gasteiger charge is -2.07. The topological polar surface area (TPSA) is 63.0 Å². The number of hydrogen-bond donors (Lipinski definition) is 0. The van der Waals surface area contributed by atoms with Crippen LogP contribution in [0.5, 0.6) is 0 Å². The largest absolute Gasteiger partial charge is 0.466 e. The van der Waals surface area contributed by atoms with E-state index < -0.39 is 12.4 Å². The zero-order valence-corrected chi connectivity index (χ0v) is 9.11.